The van der Waals surface area contributed by atoms with E-state index in [4.69, 9.17) is 0 Å². The standard InChI is InChI=1S/C14H14F4N2S/c1-2-5-19-12(13-20-6-7-21-13)10-4-3-9(15)8-11(10)14(16,17)18/h3-4,6-8,12,19H,2,5H2,1H3. The van der Waals surface area contributed by atoms with Gasteiger partial charge in [0.25, 0.3) is 0 Å². The monoisotopic (exact) mass is 318 g/mol. The van der Waals surface area contributed by atoms with Gasteiger partial charge in [-0.1, -0.05) is 13.0 Å². The molecule has 1 unspecified atom stereocenters. The molecular weight excluding hydrogens is 304 g/mol. The van der Waals surface area contributed by atoms with Crippen LogP contribution in [0, 0.1) is 5.82 Å². The average Bonchev–Trinajstić information content (AvgIpc) is 2.93. The summed E-state index contributed by atoms with van der Waals surface area (Å²) >= 11 is 1.27. The summed E-state index contributed by atoms with van der Waals surface area (Å²) in [5.41, 5.74) is -0.974. The van der Waals surface area contributed by atoms with Crippen LogP contribution in [0.25, 0.3) is 0 Å². The van der Waals surface area contributed by atoms with Crippen molar-refractivity contribution in [3.05, 3.63) is 51.7 Å². The topological polar surface area (TPSA) is 24.9 Å². The predicted octanol–water partition coefficient (Wildman–Crippen LogP) is 4.39. The first-order valence-electron chi connectivity index (χ1n) is 6.43. The Bertz CT molecular complexity index is 581. The molecule has 1 heterocycles. The van der Waals surface area contributed by atoms with Gasteiger partial charge in [0, 0.05) is 11.6 Å². The molecule has 2 aromatic rings. The molecule has 0 spiro atoms. The number of thiazole rings is 1. The maximum Gasteiger partial charge on any atom is 0.416 e. The Balaban J connectivity index is 2.49. The second-order valence-electron chi connectivity index (χ2n) is 4.49. The van der Waals surface area contributed by atoms with Gasteiger partial charge in [0.1, 0.15) is 10.8 Å². The number of alkyl halides is 3. The van der Waals surface area contributed by atoms with Crippen molar-refractivity contribution in [2.24, 2.45) is 0 Å². The van der Waals surface area contributed by atoms with Crippen LogP contribution >= 0.6 is 11.3 Å². The van der Waals surface area contributed by atoms with Crippen LogP contribution in [-0.4, -0.2) is 11.5 Å². The lowest BCUT2D eigenvalue weighted by molar-refractivity contribution is -0.138. The molecule has 0 aliphatic heterocycles. The van der Waals surface area contributed by atoms with Crippen LogP contribution in [0.1, 0.15) is 35.5 Å². The quantitative estimate of drug-likeness (QED) is 0.827. The van der Waals surface area contributed by atoms with Crippen LogP contribution < -0.4 is 5.32 Å². The number of aromatic nitrogens is 1. The molecule has 0 amide bonds. The first kappa shape index (κ1) is 15.9. The Hall–Kier alpha value is -1.47. The minimum atomic E-state index is -4.61. The van der Waals surface area contributed by atoms with Gasteiger partial charge in [-0.25, -0.2) is 9.37 Å². The highest BCUT2D eigenvalue weighted by Gasteiger charge is 2.36. The molecule has 21 heavy (non-hydrogen) atoms. The molecule has 0 aliphatic rings. The Morgan fingerprint density at radius 2 is 2.10 bits per heavy atom. The van der Waals surface area contributed by atoms with Gasteiger partial charge in [0.15, 0.2) is 0 Å². The van der Waals surface area contributed by atoms with E-state index < -0.39 is 23.6 Å². The summed E-state index contributed by atoms with van der Waals surface area (Å²) in [5.74, 6) is -0.903. The number of nitrogens with one attached hydrogen (secondary N) is 1. The zero-order valence-electron chi connectivity index (χ0n) is 11.2. The van der Waals surface area contributed by atoms with Crippen molar-refractivity contribution in [3.8, 4) is 0 Å². The zero-order chi connectivity index (χ0) is 15.5. The van der Waals surface area contributed by atoms with Gasteiger partial charge < -0.3 is 5.32 Å². The van der Waals surface area contributed by atoms with Crippen molar-refractivity contribution in [2.45, 2.75) is 25.6 Å². The van der Waals surface area contributed by atoms with Crippen molar-refractivity contribution in [3.63, 3.8) is 0 Å². The summed E-state index contributed by atoms with van der Waals surface area (Å²) in [6.07, 6.45) is -2.30. The fraction of sp³-hybridized carbons (Fsp3) is 0.357. The summed E-state index contributed by atoms with van der Waals surface area (Å²) in [4.78, 5) is 4.09. The Morgan fingerprint density at radius 3 is 2.67 bits per heavy atom. The van der Waals surface area contributed by atoms with Gasteiger partial charge in [-0.05, 0) is 30.7 Å². The largest absolute Gasteiger partial charge is 0.416 e. The Morgan fingerprint density at radius 1 is 1.33 bits per heavy atom. The molecule has 1 aromatic carbocycles. The molecule has 0 bridgehead atoms. The van der Waals surface area contributed by atoms with E-state index in [1.165, 1.54) is 23.6 Å². The number of hydrogen-bond donors (Lipinski definition) is 1. The third kappa shape index (κ3) is 3.79. The maximum absolute atomic E-state index is 13.2. The molecule has 0 fully saturated rings. The lowest BCUT2D eigenvalue weighted by atomic mass is 9.99. The van der Waals surface area contributed by atoms with Gasteiger partial charge in [-0.15, -0.1) is 11.3 Å². The molecule has 1 atom stereocenters. The van der Waals surface area contributed by atoms with Gasteiger partial charge in [0.05, 0.1) is 11.6 Å². The van der Waals surface area contributed by atoms with Crippen LogP contribution in [0.3, 0.4) is 0 Å². The zero-order valence-corrected chi connectivity index (χ0v) is 12.1. The average molecular weight is 318 g/mol. The highest BCUT2D eigenvalue weighted by molar-refractivity contribution is 7.09. The van der Waals surface area contributed by atoms with Crippen LogP contribution in [0.5, 0.6) is 0 Å². The highest BCUT2D eigenvalue weighted by Crippen LogP contribution is 2.37. The van der Waals surface area contributed by atoms with E-state index in [1.807, 2.05) is 6.92 Å². The Kier molecular flexibility index (Phi) is 4.95. The van der Waals surface area contributed by atoms with Crippen LogP contribution in [0.4, 0.5) is 17.6 Å². The number of rotatable bonds is 5. The van der Waals surface area contributed by atoms with Gasteiger partial charge in [-0.2, -0.15) is 13.2 Å². The smallest absolute Gasteiger partial charge is 0.304 e. The molecule has 0 saturated heterocycles. The summed E-state index contributed by atoms with van der Waals surface area (Å²) < 4.78 is 52.6. The van der Waals surface area contributed by atoms with E-state index in [2.05, 4.69) is 10.3 Å². The second kappa shape index (κ2) is 6.53. The van der Waals surface area contributed by atoms with E-state index in [0.29, 0.717) is 17.6 Å². The third-order valence-electron chi connectivity index (χ3n) is 2.93. The van der Waals surface area contributed by atoms with Crippen molar-refractivity contribution < 1.29 is 17.6 Å². The van der Waals surface area contributed by atoms with Crippen molar-refractivity contribution >= 4 is 11.3 Å². The number of nitrogens with zero attached hydrogens (tertiary/aromatic N) is 1. The minimum absolute atomic E-state index is 0.00713. The fourth-order valence-electron chi connectivity index (χ4n) is 2.02. The van der Waals surface area contributed by atoms with Crippen LogP contribution in [0.2, 0.25) is 0 Å². The summed E-state index contributed by atoms with van der Waals surface area (Å²) in [7, 11) is 0. The summed E-state index contributed by atoms with van der Waals surface area (Å²) in [6, 6.07) is 2.05. The van der Waals surface area contributed by atoms with E-state index in [1.54, 1.807) is 5.38 Å². The lowest BCUT2D eigenvalue weighted by Crippen LogP contribution is -2.26. The molecule has 1 N–H and O–H groups in total. The van der Waals surface area contributed by atoms with E-state index in [-0.39, 0.29) is 5.56 Å². The number of halogens is 4. The lowest BCUT2D eigenvalue weighted by Gasteiger charge is -2.21. The molecule has 7 heteroatoms. The first-order valence-corrected chi connectivity index (χ1v) is 7.31. The first-order chi connectivity index (χ1) is 9.93. The summed E-state index contributed by atoms with van der Waals surface area (Å²) in [5, 5.41) is 5.27. The van der Waals surface area contributed by atoms with Crippen molar-refractivity contribution in [1.29, 1.82) is 0 Å². The van der Waals surface area contributed by atoms with E-state index >= 15 is 0 Å². The van der Waals surface area contributed by atoms with E-state index in [9.17, 15) is 17.6 Å². The highest BCUT2D eigenvalue weighted by atomic mass is 32.1. The summed E-state index contributed by atoms with van der Waals surface area (Å²) in [6.45, 7) is 2.46. The van der Waals surface area contributed by atoms with Gasteiger partial charge in [0.2, 0.25) is 0 Å². The molecule has 2 nitrogen and oxygen atoms in total. The maximum atomic E-state index is 13.2. The van der Waals surface area contributed by atoms with Gasteiger partial charge >= 0.3 is 6.18 Å². The fourth-order valence-corrected chi connectivity index (χ4v) is 2.75. The van der Waals surface area contributed by atoms with Crippen LogP contribution in [-0.2, 0) is 6.18 Å². The van der Waals surface area contributed by atoms with E-state index in [0.717, 1.165) is 12.5 Å². The van der Waals surface area contributed by atoms with Crippen LogP contribution in [0.15, 0.2) is 29.8 Å². The molecule has 114 valence electrons. The molecule has 0 saturated carbocycles. The number of hydrogen-bond acceptors (Lipinski definition) is 3. The minimum Gasteiger partial charge on any atom is -0.304 e. The Labute approximate surface area is 123 Å². The SMILES string of the molecule is CCCNC(c1nccs1)c1ccc(F)cc1C(F)(F)F. The number of benzene rings is 1. The molecular formula is C14H14F4N2S. The van der Waals surface area contributed by atoms with Gasteiger partial charge in [-0.3, -0.25) is 0 Å². The predicted molar refractivity (Wildman–Crippen MR) is 73.7 cm³/mol. The third-order valence-corrected chi connectivity index (χ3v) is 3.77. The molecule has 1 aromatic heterocycles. The second-order valence-corrected chi connectivity index (χ2v) is 5.41. The van der Waals surface area contributed by atoms with Crippen molar-refractivity contribution in [1.82, 2.24) is 10.3 Å². The normalized spacial score (nSPS) is 13.4. The molecule has 0 aliphatic carbocycles. The molecule has 2 rings (SSSR count). The molecule has 0 radical (unpaired) electrons. The van der Waals surface area contributed by atoms with Crippen molar-refractivity contribution in [2.75, 3.05) is 6.54 Å².